The van der Waals surface area contributed by atoms with Crippen molar-refractivity contribution in [2.75, 3.05) is 11.3 Å². The summed E-state index contributed by atoms with van der Waals surface area (Å²) in [7, 11) is -3.78. The van der Waals surface area contributed by atoms with Gasteiger partial charge in [-0.2, -0.15) is 5.10 Å². The number of aromatic nitrogens is 2. The second kappa shape index (κ2) is 6.21. The number of anilines is 1. The molecule has 0 fully saturated rings. The van der Waals surface area contributed by atoms with Crippen LogP contribution in [-0.4, -0.2) is 25.2 Å². The summed E-state index contributed by atoms with van der Waals surface area (Å²) >= 11 is 3.29. The van der Waals surface area contributed by atoms with Crippen LogP contribution in [0.4, 0.5) is 5.69 Å². The minimum Gasteiger partial charge on any atom is -0.492 e. The minimum atomic E-state index is -3.78. The molecular formula is C15H14BrN3O3S. The van der Waals surface area contributed by atoms with Crippen molar-refractivity contribution < 1.29 is 13.2 Å². The Balaban J connectivity index is 1.99. The first kappa shape index (κ1) is 15.8. The molecule has 3 rings (SSSR count). The molecule has 0 radical (unpaired) electrons. The lowest BCUT2D eigenvalue weighted by Gasteiger charge is -2.13. The first-order valence-electron chi connectivity index (χ1n) is 6.88. The first-order chi connectivity index (χ1) is 11.0. The number of halogens is 1. The van der Waals surface area contributed by atoms with Gasteiger partial charge in [0.2, 0.25) is 0 Å². The molecule has 0 aliphatic rings. The van der Waals surface area contributed by atoms with Gasteiger partial charge < -0.3 is 4.74 Å². The number of hydrogen-bond donors (Lipinski definition) is 2. The zero-order chi connectivity index (χ0) is 16.4. The number of H-pyrrole nitrogens is 1. The fourth-order valence-electron chi connectivity index (χ4n) is 2.18. The standard InChI is InChI=1S/C15H14BrN3O3S/c1-2-22-14-6-4-11(16)7-15(14)23(20,21)19-12-5-3-10-9-17-18-13(10)8-12/h3-9,19H,2H2,1H3,(H,17,18). The lowest BCUT2D eigenvalue weighted by molar-refractivity contribution is 0.331. The number of hydrogen-bond acceptors (Lipinski definition) is 4. The van der Waals surface area contributed by atoms with E-state index in [1.165, 1.54) is 6.07 Å². The molecule has 0 saturated carbocycles. The van der Waals surface area contributed by atoms with E-state index in [9.17, 15) is 8.42 Å². The van der Waals surface area contributed by atoms with Gasteiger partial charge in [0.15, 0.2) is 0 Å². The summed E-state index contributed by atoms with van der Waals surface area (Å²) < 4.78 is 34.0. The maximum atomic E-state index is 12.7. The van der Waals surface area contributed by atoms with Crippen molar-refractivity contribution in [1.29, 1.82) is 0 Å². The van der Waals surface area contributed by atoms with E-state index < -0.39 is 10.0 Å². The van der Waals surface area contributed by atoms with Crippen LogP contribution in [0.1, 0.15) is 6.92 Å². The van der Waals surface area contributed by atoms with Crippen molar-refractivity contribution in [3.63, 3.8) is 0 Å². The summed E-state index contributed by atoms with van der Waals surface area (Å²) in [5, 5.41) is 7.64. The zero-order valence-electron chi connectivity index (χ0n) is 12.2. The van der Waals surface area contributed by atoms with Gasteiger partial charge >= 0.3 is 0 Å². The second-order valence-electron chi connectivity index (χ2n) is 4.80. The SMILES string of the molecule is CCOc1ccc(Br)cc1S(=O)(=O)Nc1ccc2cn[nH]c2c1. The smallest absolute Gasteiger partial charge is 0.265 e. The zero-order valence-corrected chi connectivity index (χ0v) is 14.6. The van der Waals surface area contributed by atoms with Gasteiger partial charge in [0.25, 0.3) is 10.0 Å². The fourth-order valence-corrected chi connectivity index (χ4v) is 3.91. The molecule has 0 spiro atoms. The highest BCUT2D eigenvalue weighted by Gasteiger charge is 2.20. The summed E-state index contributed by atoms with van der Waals surface area (Å²) in [6, 6.07) is 10.1. The van der Waals surface area contributed by atoms with Crippen LogP contribution < -0.4 is 9.46 Å². The van der Waals surface area contributed by atoms with E-state index in [1.807, 2.05) is 0 Å². The van der Waals surface area contributed by atoms with Gasteiger partial charge in [-0.15, -0.1) is 0 Å². The number of nitrogens with one attached hydrogen (secondary N) is 2. The summed E-state index contributed by atoms with van der Waals surface area (Å²) in [5.74, 6) is 0.311. The van der Waals surface area contributed by atoms with Crippen LogP contribution in [0.5, 0.6) is 5.75 Å². The van der Waals surface area contributed by atoms with E-state index >= 15 is 0 Å². The number of fused-ring (bicyclic) bond motifs is 1. The quantitative estimate of drug-likeness (QED) is 0.691. The molecule has 23 heavy (non-hydrogen) atoms. The van der Waals surface area contributed by atoms with Gasteiger partial charge in [0, 0.05) is 9.86 Å². The lowest BCUT2D eigenvalue weighted by Crippen LogP contribution is -2.14. The topological polar surface area (TPSA) is 84.1 Å². The van der Waals surface area contributed by atoms with Crippen molar-refractivity contribution in [2.45, 2.75) is 11.8 Å². The second-order valence-corrected chi connectivity index (χ2v) is 7.37. The maximum absolute atomic E-state index is 12.7. The molecule has 1 heterocycles. The van der Waals surface area contributed by atoms with Gasteiger partial charge in [-0.3, -0.25) is 9.82 Å². The van der Waals surface area contributed by atoms with E-state index in [0.29, 0.717) is 22.5 Å². The summed E-state index contributed by atoms with van der Waals surface area (Å²) in [6.45, 7) is 2.18. The number of benzene rings is 2. The molecule has 0 atom stereocenters. The van der Waals surface area contributed by atoms with Crippen LogP contribution in [0.3, 0.4) is 0 Å². The predicted molar refractivity (Wildman–Crippen MR) is 92.2 cm³/mol. The molecule has 0 amide bonds. The van der Waals surface area contributed by atoms with Crippen LogP contribution in [0.15, 0.2) is 52.0 Å². The molecule has 8 heteroatoms. The molecule has 2 aromatic carbocycles. The Morgan fingerprint density at radius 3 is 2.87 bits per heavy atom. The third-order valence-electron chi connectivity index (χ3n) is 3.19. The molecular weight excluding hydrogens is 382 g/mol. The predicted octanol–water partition coefficient (Wildman–Crippen LogP) is 3.52. The number of rotatable bonds is 5. The maximum Gasteiger partial charge on any atom is 0.265 e. The van der Waals surface area contributed by atoms with Gasteiger partial charge in [-0.1, -0.05) is 15.9 Å². The number of aromatic amines is 1. The fraction of sp³-hybridized carbons (Fsp3) is 0.133. The Morgan fingerprint density at radius 1 is 1.26 bits per heavy atom. The Labute approximate surface area is 142 Å². The summed E-state index contributed by atoms with van der Waals surface area (Å²) in [5.41, 5.74) is 1.20. The molecule has 0 aliphatic heterocycles. The van der Waals surface area contributed by atoms with Crippen LogP contribution in [0, 0.1) is 0 Å². The number of ether oxygens (including phenoxy) is 1. The molecule has 0 saturated heterocycles. The van der Waals surface area contributed by atoms with E-state index in [2.05, 4.69) is 30.8 Å². The molecule has 120 valence electrons. The summed E-state index contributed by atoms with van der Waals surface area (Å²) in [6.07, 6.45) is 1.68. The first-order valence-corrected chi connectivity index (χ1v) is 9.15. The average molecular weight is 396 g/mol. The average Bonchev–Trinajstić information content (AvgIpc) is 2.96. The number of nitrogens with zero attached hydrogens (tertiary/aromatic N) is 1. The highest BCUT2D eigenvalue weighted by Crippen LogP contribution is 2.29. The van der Waals surface area contributed by atoms with Crippen molar-refractivity contribution >= 4 is 42.5 Å². The van der Waals surface area contributed by atoms with Crippen LogP contribution in [0.25, 0.3) is 10.9 Å². The van der Waals surface area contributed by atoms with Gasteiger partial charge in [0.05, 0.1) is 24.0 Å². The van der Waals surface area contributed by atoms with Crippen molar-refractivity contribution in [1.82, 2.24) is 10.2 Å². The van der Waals surface area contributed by atoms with E-state index in [-0.39, 0.29) is 4.90 Å². The normalized spacial score (nSPS) is 11.6. The lowest BCUT2D eigenvalue weighted by atomic mass is 10.2. The van der Waals surface area contributed by atoms with Gasteiger partial charge in [0.1, 0.15) is 10.6 Å². The van der Waals surface area contributed by atoms with E-state index in [1.54, 1.807) is 43.5 Å². The molecule has 0 bridgehead atoms. The van der Waals surface area contributed by atoms with Crippen LogP contribution >= 0.6 is 15.9 Å². The van der Waals surface area contributed by atoms with Crippen LogP contribution in [-0.2, 0) is 10.0 Å². The molecule has 0 aliphatic carbocycles. The van der Waals surface area contributed by atoms with Crippen molar-refractivity contribution in [3.05, 3.63) is 47.1 Å². The highest BCUT2D eigenvalue weighted by atomic mass is 79.9. The third-order valence-corrected chi connectivity index (χ3v) is 5.09. The number of sulfonamides is 1. The Kier molecular flexibility index (Phi) is 4.27. The molecule has 6 nitrogen and oxygen atoms in total. The molecule has 2 N–H and O–H groups in total. The third kappa shape index (κ3) is 3.32. The monoisotopic (exact) mass is 395 g/mol. The summed E-state index contributed by atoms with van der Waals surface area (Å²) in [4.78, 5) is 0.0819. The molecule has 0 unspecified atom stereocenters. The Hall–Kier alpha value is -2.06. The highest BCUT2D eigenvalue weighted by molar-refractivity contribution is 9.10. The van der Waals surface area contributed by atoms with Crippen molar-refractivity contribution in [2.24, 2.45) is 0 Å². The molecule has 1 aromatic heterocycles. The van der Waals surface area contributed by atoms with Gasteiger partial charge in [-0.25, -0.2) is 8.42 Å². The Morgan fingerprint density at radius 2 is 2.09 bits per heavy atom. The van der Waals surface area contributed by atoms with Gasteiger partial charge in [-0.05, 0) is 43.3 Å². The van der Waals surface area contributed by atoms with E-state index in [0.717, 1.165) is 10.9 Å². The van der Waals surface area contributed by atoms with E-state index in [4.69, 9.17) is 4.74 Å². The van der Waals surface area contributed by atoms with Crippen molar-refractivity contribution in [3.8, 4) is 5.75 Å². The largest absolute Gasteiger partial charge is 0.492 e. The Bertz CT molecular complexity index is 954. The minimum absolute atomic E-state index is 0.0819. The van der Waals surface area contributed by atoms with Crippen LogP contribution in [0.2, 0.25) is 0 Å². The molecule has 3 aromatic rings.